The van der Waals surface area contributed by atoms with E-state index in [-0.39, 0.29) is 12.5 Å². The number of ether oxygens (including phenoxy) is 2. The van der Waals surface area contributed by atoms with Gasteiger partial charge in [0.25, 0.3) is 5.91 Å². The monoisotopic (exact) mass is 434 g/mol. The molecule has 0 fully saturated rings. The van der Waals surface area contributed by atoms with Crippen molar-refractivity contribution in [3.8, 4) is 11.5 Å². The van der Waals surface area contributed by atoms with Crippen LogP contribution in [0.5, 0.6) is 11.5 Å². The molecule has 0 saturated carbocycles. The van der Waals surface area contributed by atoms with Crippen LogP contribution < -0.4 is 14.8 Å². The summed E-state index contributed by atoms with van der Waals surface area (Å²) in [6.07, 6.45) is 0. The highest BCUT2D eigenvalue weighted by Gasteiger charge is 2.12. The van der Waals surface area contributed by atoms with Crippen LogP contribution in [0.2, 0.25) is 0 Å². The molecule has 0 saturated heterocycles. The molecule has 136 valence electrons. The van der Waals surface area contributed by atoms with Gasteiger partial charge in [-0.1, -0.05) is 41.1 Å². The molecule has 1 heterocycles. The van der Waals surface area contributed by atoms with Crippen LogP contribution in [0, 0.1) is 0 Å². The Kier molecular flexibility index (Phi) is 5.78. The van der Waals surface area contributed by atoms with E-state index in [2.05, 4.69) is 40.1 Å². The van der Waals surface area contributed by atoms with Crippen molar-refractivity contribution < 1.29 is 14.3 Å². The predicted octanol–water partition coefficient (Wildman–Crippen LogP) is 5.21. The highest BCUT2D eigenvalue weighted by Crippen LogP contribution is 2.30. The third-order valence-corrected chi connectivity index (χ3v) is 5.22. The number of carbonyl (C=O) groups excluding carboxylic acids is 1. The lowest BCUT2D eigenvalue weighted by Crippen LogP contribution is -2.20. The number of halogens is 1. The van der Waals surface area contributed by atoms with Crippen molar-refractivity contribution in [1.29, 1.82) is 0 Å². The Morgan fingerprint density at radius 3 is 2.81 bits per heavy atom. The highest BCUT2D eigenvalue weighted by atomic mass is 79.9. The minimum absolute atomic E-state index is 0.0689. The van der Waals surface area contributed by atoms with Crippen LogP contribution in [-0.2, 0) is 4.79 Å². The van der Waals surface area contributed by atoms with Gasteiger partial charge in [-0.25, -0.2) is 4.98 Å². The summed E-state index contributed by atoms with van der Waals surface area (Å²) < 4.78 is 12.9. The number of rotatable bonds is 6. The van der Waals surface area contributed by atoms with Crippen LogP contribution >= 0.6 is 27.3 Å². The van der Waals surface area contributed by atoms with E-state index in [1.165, 1.54) is 11.3 Å². The number of nitrogens with zero attached hydrogens (tertiary/aromatic N) is 1. The third kappa shape index (κ3) is 4.34. The summed E-state index contributed by atoms with van der Waals surface area (Å²) in [5.41, 5.74) is 1.88. The van der Waals surface area contributed by atoms with Crippen LogP contribution in [0.25, 0.3) is 10.2 Å². The third-order valence-electron chi connectivity index (χ3n) is 3.79. The van der Waals surface area contributed by atoms with Crippen molar-refractivity contribution in [3.63, 3.8) is 0 Å². The van der Waals surface area contributed by atoms with Gasteiger partial charge in [0.05, 0.1) is 17.3 Å². The smallest absolute Gasteiger partial charge is 0.264 e. The fourth-order valence-electron chi connectivity index (χ4n) is 2.49. The summed E-state index contributed by atoms with van der Waals surface area (Å²) in [5.74, 6) is 1.53. The summed E-state index contributed by atoms with van der Waals surface area (Å²) in [7, 11) is 1.62. The number of fused-ring (bicyclic) bond motifs is 1. The highest BCUT2D eigenvalue weighted by molar-refractivity contribution is 9.10. The molecule has 3 aromatic rings. The molecule has 1 N–H and O–H groups in total. The van der Waals surface area contributed by atoms with Gasteiger partial charge >= 0.3 is 0 Å². The number of nitrogens with one attached hydrogen (secondary N) is 1. The van der Waals surface area contributed by atoms with E-state index in [1.54, 1.807) is 7.11 Å². The average molecular weight is 435 g/mol. The van der Waals surface area contributed by atoms with Gasteiger partial charge in [0, 0.05) is 4.47 Å². The second-order valence-corrected chi connectivity index (χ2v) is 7.97. The zero-order chi connectivity index (χ0) is 18.7. The Hall–Kier alpha value is -2.12. The SMILES string of the molecule is COc1ccc2nc(NC(=O)COc3ccc(Br)cc3C(C)C)sc2c1. The summed E-state index contributed by atoms with van der Waals surface area (Å²) >= 11 is 4.87. The first-order chi connectivity index (χ1) is 12.5. The van der Waals surface area contributed by atoms with Gasteiger partial charge in [-0.2, -0.15) is 0 Å². The van der Waals surface area contributed by atoms with Crippen LogP contribution in [0.4, 0.5) is 5.13 Å². The van der Waals surface area contributed by atoms with Crippen molar-refractivity contribution in [3.05, 3.63) is 46.4 Å². The quantitative estimate of drug-likeness (QED) is 0.578. The van der Waals surface area contributed by atoms with Gasteiger partial charge < -0.3 is 9.47 Å². The number of benzene rings is 2. The molecule has 0 radical (unpaired) electrons. The Balaban J connectivity index is 1.66. The topological polar surface area (TPSA) is 60.5 Å². The largest absolute Gasteiger partial charge is 0.497 e. The molecule has 7 heteroatoms. The summed E-state index contributed by atoms with van der Waals surface area (Å²) in [5, 5.41) is 3.34. The van der Waals surface area contributed by atoms with Gasteiger partial charge in [-0.3, -0.25) is 10.1 Å². The lowest BCUT2D eigenvalue weighted by Gasteiger charge is -2.14. The zero-order valence-corrected chi connectivity index (χ0v) is 17.1. The lowest BCUT2D eigenvalue weighted by atomic mass is 10.0. The lowest BCUT2D eigenvalue weighted by molar-refractivity contribution is -0.118. The van der Waals surface area contributed by atoms with Crippen molar-refractivity contribution in [2.45, 2.75) is 19.8 Å². The first-order valence-corrected chi connectivity index (χ1v) is 9.74. The van der Waals surface area contributed by atoms with Crippen LogP contribution in [0.1, 0.15) is 25.3 Å². The molecule has 0 aliphatic carbocycles. The standard InChI is InChI=1S/C19H19BrN2O3S/c1-11(2)14-8-12(20)4-7-16(14)25-10-18(23)22-19-21-15-6-5-13(24-3)9-17(15)26-19/h4-9,11H,10H2,1-3H3,(H,21,22,23). The Morgan fingerprint density at radius 1 is 1.27 bits per heavy atom. The zero-order valence-electron chi connectivity index (χ0n) is 14.7. The molecule has 3 rings (SSSR count). The van der Waals surface area contributed by atoms with Crippen molar-refractivity contribution in [2.24, 2.45) is 0 Å². The van der Waals surface area contributed by atoms with E-state index in [0.717, 1.165) is 26.0 Å². The van der Waals surface area contributed by atoms with E-state index >= 15 is 0 Å². The molecule has 0 aliphatic rings. The molecular weight excluding hydrogens is 416 g/mol. The fraction of sp³-hybridized carbons (Fsp3) is 0.263. The maximum absolute atomic E-state index is 12.2. The van der Waals surface area contributed by atoms with Gasteiger partial charge in [0.15, 0.2) is 11.7 Å². The molecule has 0 atom stereocenters. The van der Waals surface area contributed by atoms with Gasteiger partial charge in [-0.15, -0.1) is 0 Å². The van der Waals surface area contributed by atoms with Crippen LogP contribution in [-0.4, -0.2) is 24.6 Å². The van der Waals surface area contributed by atoms with E-state index < -0.39 is 0 Å². The number of amides is 1. The molecule has 0 unspecified atom stereocenters. The van der Waals surface area contributed by atoms with Gasteiger partial charge in [-0.05, 0) is 47.9 Å². The summed E-state index contributed by atoms with van der Waals surface area (Å²) in [6.45, 7) is 4.11. The number of anilines is 1. The number of hydrogen-bond acceptors (Lipinski definition) is 5. The Bertz CT molecular complexity index is 940. The molecule has 26 heavy (non-hydrogen) atoms. The van der Waals surface area contributed by atoms with Gasteiger partial charge in [0.1, 0.15) is 11.5 Å². The van der Waals surface area contributed by atoms with E-state index in [9.17, 15) is 4.79 Å². The molecule has 0 spiro atoms. The normalized spacial score (nSPS) is 11.0. The van der Waals surface area contributed by atoms with E-state index in [0.29, 0.717) is 16.8 Å². The minimum atomic E-state index is -0.242. The summed E-state index contributed by atoms with van der Waals surface area (Å²) in [4.78, 5) is 16.6. The molecule has 1 aromatic heterocycles. The molecule has 5 nitrogen and oxygen atoms in total. The molecule has 0 bridgehead atoms. The number of aromatic nitrogens is 1. The second kappa shape index (κ2) is 8.05. The Labute approximate surface area is 164 Å². The first kappa shape index (κ1) is 18.7. The van der Waals surface area contributed by atoms with Gasteiger partial charge in [0.2, 0.25) is 0 Å². The number of carbonyl (C=O) groups is 1. The van der Waals surface area contributed by atoms with Crippen LogP contribution in [0.3, 0.4) is 0 Å². The van der Waals surface area contributed by atoms with E-state index in [4.69, 9.17) is 9.47 Å². The van der Waals surface area contributed by atoms with Crippen molar-refractivity contribution in [2.75, 3.05) is 19.0 Å². The van der Waals surface area contributed by atoms with Crippen molar-refractivity contribution in [1.82, 2.24) is 4.98 Å². The maximum atomic E-state index is 12.2. The van der Waals surface area contributed by atoms with E-state index in [1.807, 2.05) is 36.4 Å². The number of hydrogen-bond donors (Lipinski definition) is 1. The van der Waals surface area contributed by atoms with Crippen LogP contribution in [0.15, 0.2) is 40.9 Å². The fourth-order valence-corrected chi connectivity index (χ4v) is 3.78. The Morgan fingerprint density at radius 2 is 2.08 bits per heavy atom. The number of thiazole rings is 1. The first-order valence-electron chi connectivity index (χ1n) is 8.13. The average Bonchev–Trinajstić information content (AvgIpc) is 3.01. The van der Waals surface area contributed by atoms with Crippen molar-refractivity contribution >= 4 is 48.5 Å². The molecule has 0 aliphatic heterocycles. The molecule has 2 aromatic carbocycles. The number of methoxy groups -OCH3 is 1. The minimum Gasteiger partial charge on any atom is -0.497 e. The second-order valence-electron chi connectivity index (χ2n) is 6.03. The molecular formula is C19H19BrN2O3S. The predicted molar refractivity (Wildman–Crippen MR) is 109 cm³/mol. The summed E-state index contributed by atoms with van der Waals surface area (Å²) in [6, 6.07) is 11.4. The maximum Gasteiger partial charge on any atom is 0.264 e. The molecule has 1 amide bonds.